The molecule has 1 saturated heterocycles. The highest BCUT2D eigenvalue weighted by atomic mass is 16.4. The fraction of sp³-hybridized carbons (Fsp3) is 0.833. The first-order valence-electron chi connectivity index (χ1n) is 3.74. The number of nitrogens with zero attached hydrogens (tertiary/aromatic N) is 3. The number of azide groups is 1. The van der Waals surface area contributed by atoms with Crippen molar-refractivity contribution in [3.63, 3.8) is 0 Å². The van der Waals surface area contributed by atoms with Crippen molar-refractivity contribution >= 4 is 5.97 Å². The standard InChI is InChI=1S/C6H10N4O2/c7-10-9-4-1-2-5(6(11)12)8-3-4/h4-5,8H,1-3H2,(H,11,12)/t4-,5+/m0/s1. The first-order chi connectivity index (χ1) is 5.74. The SMILES string of the molecule is [N-]=[N+]=N[C@H]1CC[C@H](C(=O)O)NC1. The molecule has 1 rings (SSSR count). The van der Waals surface area contributed by atoms with Gasteiger partial charge < -0.3 is 10.4 Å². The molecule has 0 aromatic heterocycles. The molecule has 0 saturated carbocycles. The van der Waals surface area contributed by atoms with E-state index in [1.807, 2.05) is 0 Å². The summed E-state index contributed by atoms with van der Waals surface area (Å²) < 4.78 is 0. The number of carboxylic acid groups (broad SMARTS) is 1. The lowest BCUT2D eigenvalue weighted by atomic mass is 10.0. The topological polar surface area (TPSA) is 98.1 Å². The number of rotatable bonds is 2. The minimum atomic E-state index is -0.839. The van der Waals surface area contributed by atoms with E-state index in [-0.39, 0.29) is 6.04 Å². The molecule has 0 amide bonds. The van der Waals surface area contributed by atoms with Crippen molar-refractivity contribution in [3.8, 4) is 0 Å². The molecule has 1 aliphatic rings. The number of carbonyl (C=O) groups is 1. The number of piperidine rings is 1. The van der Waals surface area contributed by atoms with Crippen LogP contribution >= 0.6 is 0 Å². The molecular formula is C6H10N4O2. The van der Waals surface area contributed by atoms with Crippen molar-refractivity contribution < 1.29 is 9.90 Å². The van der Waals surface area contributed by atoms with Crippen LogP contribution in [0.2, 0.25) is 0 Å². The second-order valence-electron chi connectivity index (χ2n) is 2.74. The summed E-state index contributed by atoms with van der Waals surface area (Å²) in [6.07, 6.45) is 1.17. The van der Waals surface area contributed by atoms with E-state index < -0.39 is 12.0 Å². The Labute approximate surface area is 69.2 Å². The van der Waals surface area contributed by atoms with Crippen LogP contribution in [0.4, 0.5) is 0 Å². The molecule has 2 N–H and O–H groups in total. The molecule has 1 heterocycles. The molecule has 0 aromatic rings. The van der Waals surface area contributed by atoms with Crippen LogP contribution in [-0.4, -0.2) is 29.7 Å². The maximum Gasteiger partial charge on any atom is 0.320 e. The zero-order chi connectivity index (χ0) is 8.97. The monoisotopic (exact) mass is 170 g/mol. The highest BCUT2D eigenvalue weighted by molar-refractivity contribution is 5.73. The molecule has 2 atom stereocenters. The molecule has 0 bridgehead atoms. The first-order valence-corrected chi connectivity index (χ1v) is 3.74. The van der Waals surface area contributed by atoms with Gasteiger partial charge in [-0.15, -0.1) is 0 Å². The maximum absolute atomic E-state index is 10.5. The van der Waals surface area contributed by atoms with Crippen LogP contribution in [0.5, 0.6) is 0 Å². The molecule has 66 valence electrons. The lowest BCUT2D eigenvalue weighted by Gasteiger charge is -2.23. The number of nitrogens with one attached hydrogen (secondary N) is 1. The van der Waals surface area contributed by atoms with E-state index >= 15 is 0 Å². The Bertz CT molecular complexity index is 206. The van der Waals surface area contributed by atoms with Gasteiger partial charge >= 0.3 is 5.97 Å². The summed E-state index contributed by atoms with van der Waals surface area (Å²) >= 11 is 0. The third kappa shape index (κ3) is 2.11. The second kappa shape index (κ2) is 3.94. The van der Waals surface area contributed by atoms with Crippen molar-refractivity contribution in [3.05, 3.63) is 10.4 Å². The number of hydrogen-bond acceptors (Lipinski definition) is 3. The Kier molecular flexibility index (Phi) is 2.90. The van der Waals surface area contributed by atoms with Gasteiger partial charge in [0.2, 0.25) is 0 Å². The van der Waals surface area contributed by atoms with Gasteiger partial charge in [0.05, 0.1) is 0 Å². The fourth-order valence-electron chi connectivity index (χ4n) is 1.22. The predicted molar refractivity (Wildman–Crippen MR) is 41.6 cm³/mol. The first kappa shape index (κ1) is 8.83. The van der Waals surface area contributed by atoms with Gasteiger partial charge in [-0.2, -0.15) is 0 Å². The zero-order valence-corrected chi connectivity index (χ0v) is 6.47. The summed E-state index contributed by atoms with van der Waals surface area (Å²) in [4.78, 5) is 13.1. The second-order valence-corrected chi connectivity index (χ2v) is 2.74. The third-order valence-electron chi connectivity index (χ3n) is 1.90. The van der Waals surface area contributed by atoms with Gasteiger partial charge in [-0.25, -0.2) is 0 Å². The van der Waals surface area contributed by atoms with Crippen LogP contribution in [0.15, 0.2) is 5.11 Å². The van der Waals surface area contributed by atoms with Crippen LogP contribution in [-0.2, 0) is 4.79 Å². The lowest BCUT2D eigenvalue weighted by Crippen LogP contribution is -2.45. The van der Waals surface area contributed by atoms with E-state index in [0.717, 1.165) is 0 Å². The van der Waals surface area contributed by atoms with E-state index in [0.29, 0.717) is 19.4 Å². The molecule has 12 heavy (non-hydrogen) atoms. The van der Waals surface area contributed by atoms with E-state index in [1.165, 1.54) is 0 Å². The Morgan fingerprint density at radius 1 is 1.67 bits per heavy atom. The summed E-state index contributed by atoms with van der Waals surface area (Å²) in [5.74, 6) is -0.839. The van der Waals surface area contributed by atoms with Gasteiger partial charge in [0, 0.05) is 17.5 Å². The largest absolute Gasteiger partial charge is 0.480 e. The molecule has 1 fully saturated rings. The van der Waals surface area contributed by atoms with Crippen LogP contribution < -0.4 is 5.32 Å². The molecule has 0 aromatic carbocycles. The van der Waals surface area contributed by atoms with Gasteiger partial charge in [0.15, 0.2) is 0 Å². The van der Waals surface area contributed by atoms with Gasteiger partial charge in [-0.05, 0) is 18.4 Å². The van der Waals surface area contributed by atoms with Crippen LogP contribution in [0.25, 0.3) is 10.4 Å². The van der Waals surface area contributed by atoms with Crippen molar-refractivity contribution in [1.29, 1.82) is 0 Å². The minimum absolute atomic E-state index is 0.0920. The average Bonchev–Trinajstić information content (AvgIpc) is 2.06. The van der Waals surface area contributed by atoms with Crippen LogP contribution in [0, 0.1) is 0 Å². The Morgan fingerprint density at radius 3 is 2.83 bits per heavy atom. The molecule has 0 radical (unpaired) electrons. The molecule has 1 aliphatic heterocycles. The predicted octanol–water partition coefficient (Wildman–Crippen LogP) is 0.502. The summed E-state index contributed by atoms with van der Waals surface area (Å²) in [6.45, 7) is 0.459. The molecular weight excluding hydrogens is 160 g/mol. The number of hydrogen-bond donors (Lipinski definition) is 2. The number of aliphatic carboxylic acids is 1. The van der Waals surface area contributed by atoms with Crippen LogP contribution in [0.3, 0.4) is 0 Å². The minimum Gasteiger partial charge on any atom is -0.480 e. The molecule has 0 aliphatic carbocycles. The van der Waals surface area contributed by atoms with E-state index in [9.17, 15) is 4.79 Å². The van der Waals surface area contributed by atoms with Gasteiger partial charge in [-0.3, -0.25) is 4.79 Å². The van der Waals surface area contributed by atoms with E-state index in [1.54, 1.807) is 0 Å². The smallest absolute Gasteiger partial charge is 0.320 e. The molecule has 6 nitrogen and oxygen atoms in total. The van der Waals surface area contributed by atoms with Crippen molar-refractivity contribution in [2.45, 2.75) is 24.9 Å². The molecule has 0 spiro atoms. The molecule has 0 unspecified atom stereocenters. The Hall–Kier alpha value is -1.26. The third-order valence-corrected chi connectivity index (χ3v) is 1.90. The van der Waals surface area contributed by atoms with Gasteiger partial charge in [-0.1, -0.05) is 5.11 Å². The lowest BCUT2D eigenvalue weighted by molar-refractivity contribution is -0.140. The van der Waals surface area contributed by atoms with Crippen molar-refractivity contribution in [2.24, 2.45) is 5.11 Å². The quantitative estimate of drug-likeness (QED) is 0.358. The van der Waals surface area contributed by atoms with Crippen molar-refractivity contribution in [2.75, 3.05) is 6.54 Å². The van der Waals surface area contributed by atoms with Crippen LogP contribution in [0.1, 0.15) is 12.8 Å². The summed E-state index contributed by atoms with van der Waals surface area (Å²) in [5.41, 5.74) is 8.11. The average molecular weight is 170 g/mol. The highest BCUT2D eigenvalue weighted by Gasteiger charge is 2.24. The Balaban J connectivity index is 2.39. The fourth-order valence-corrected chi connectivity index (χ4v) is 1.22. The number of carboxylic acids is 1. The zero-order valence-electron chi connectivity index (χ0n) is 6.47. The summed E-state index contributed by atoms with van der Waals surface area (Å²) in [7, 11) is 0. The van der Waals surface area contributed by atoms with Gasteiger partial charge in [0.25, 0.3) is 0 Å². The van der Waals surface area contributed by atoms with E-state index in [2.05, 4.69) is 15.3 Å². The van der Waals surface area contributed by atoms with E-state index in [4.69, 9.17) is 10.6 Å². The summed E-state index contributed by atoms with van der Waals surface area (Å²) in [5, 5.41) is 14.9. The van der Waals surface area contributed by atoms with Gasteiger partial charge in [0.1, 0.15) is 6.04 Å². The maximum atomic E-state index is 10.5. The molecule has 6 heteroatoms. The normalized spacial score (nSPS) is 29.0. The Morgan fingerprint density at radius 2 is 2.42 bits per heavy atom. The van der Waals surface area contributed by atoms with Crippen molar-refractivity contribution in [1.82, 2.24) is 5.32 Å². The summed E-state index contributed by atoms with van der Waals surface area (Å²) in [6, 6.07) is -0.569. The highest BCUT2D eigenvalue weighted by Crippen LogP contribution is 2.11.